The molecule has 0 unspecified atom stereocenters. The number of aromatic nitrogens is 5. The number of nitrogens with one attached hydrogen (secondary N) is 2. The number of H-pyrrole nitrogens is 1. The molecule has 0 amide bonds. The van der Waals surface area contributed by atoms with Crippen molar-refractivity contribution in [3.05, 3.63) is 0 Å². The summed E-state index contributed by atoms with van der Waals surface area (Å²) >= 11 is 1.63. The average Bonchev–Trinajstić information content (AvgIpc) is 2.95. The van der Waals surface area contributed by atoms with Crippen LogP contribution in [0.4, 0.5) is 5.82 Å². The van der Waals surface area contributed by atoms with Crippen molar-refractivity contribution < 1.29 is 5.11 Å². The third-order valence-electron chi connectivity index (χ3n) is 3.05. The van der Waals surface area contributed by atoms with E-state index < -0.39 is 0 Å². The SMILES string of the molecule is CCCCCCSc1nc(N[C@H](C)CO)c2n[nH]nc2n1. The van der Waals surface area contributed by atoms with Gasteiger partial charge < -0.3 is 10.4 Å². The second-order valence-corrected chi connectivity index (χ2v) is 6.05. The van der Waals surface area contributed by atoms with Crippen molar-refractivity contribution in [3.63, 3.8) is 0 Å². The molecule has 0 bridgehead atoms. The molecule has 2 aromatic heterocycles. The third-order valence-corrected chi connectivity index (χ3v) is 3.98. The van der Waals surface area contributed by atoms with Crippen molar-refractivity contribution in [2.24, 2.45) is 0 Å². The first kappa shape index (κ1) is 16.0. The van der Waals surface area contributed by atoms with Gasteiger partial charge in [0.25, 0.3) is 0 Å². The highest BCUT2D eigenvalue weighted by molar-refractivity contribution is 7.99. The topological polar surface area (TPSA) is 99.6 Å². The molecule has 116 valence electrons. The Morgan fingerprint density at radius 1 is 1.24 bits per heavy atom. The van der Waals surface area contributed by atoms with Gasteiger partial charge in [-0.3, -0.25) is 0 Å². The first-order chi connectivity index (χ1) is 10.2. The van der Waals surface area contributed by atoms with E-state index in [-0.39, 0.29) is 12.6 Å². The maximum absolute atomic E-state index is 9.16. The smallest absolute Gasteiger partial charge is 0.207 e. The molecular formula is C13H22N6OS. The van der Waals surface area contributed by atoms with Gasteiger partial charge in [-0.15, -0.1) is 5.10 Å². The quantitative estimate of drug-likeness (QED) is 0.371. The summed E-state index contributed by atoms with van der Waals surface area (Å²) in [6.45, 7) is 4.11. The van der Waals surface area contributed by atoms with Gasteiger partial charge in [-0.05, 0) is 13.3 Å². The highest BCUT2D eigenvalue weighted by atomic mass is 32.2. The Bertz CT molecular complexity index is 561. The maximum atomic E-state index is 9.16. The fraction of sp³-hybridized carbons (Fsp3) is 0.692. The van der Waals surface area contributed by atoms with Crippen LogP contribution in [0.15, 0.2) is 5.16 Å². The molecule has 1 atom stereocenters. The van der Waals surface area contributed by atoms with E-state index in [2.05, 4.69) is 37.6 Å². The summed E-state index contributed by atoms with van der Waals surface area (Å²) in [6, 6.07) is -0.0952. The maximum Gasteiger partial charge on any atom is 0.207 e. The van der Waals surface area contributed by atoms with E-state index in [1.807, 2.05) is 6.92 Å². The number of aliphatic hydroxyl groups is 1. The zero-order valence-electron chi connectivity index (χ0n) is 12.5. The van der Waals surface area contributed by atoms with Crippen LogP contribution in [-0.4, -0.2) is 48.9 Å². The molecule has 0 aromatic carbocycles. The Morgan fingerprint density at radius 3 is 2.86 bits per heavy atom. The monoisotopic (exact) mass is 310 g/mol. The Kier molecular flexibility index (Phi) is 6.19. The van der Waals surface area contributed by atoms with Crippen LogP contribution < -0.4 is 5.32 Å². The highest BCUT2D eigenvalue weighted by Gasteiger charge is 2.13. The lowest BCUT2D eigenvalue weighted by atomic mass is 10.2. The van der Waals surface area contributed by atoms with E-state index >= 15 is 0 Å². The lowest BCUT2D eigenvalue weighted by Crippen LogP contribution is -2.20. The predicted octanol–water partition coefficient (Wildman–Crippen LogP) is 2.21. The molecule has 0 fully saturated rings. The Balaban J connectivity index is 2.06. The molecule has 0 aliphatic carbocycles. The van der Waals surface area contributed by atoms with Crippen LogP contribution in [0, 0.1) is 0 Å². The molecule has 0 saturated carbocycles. The van der Waals surface area contributed by atoms with Crippen molar-refractivity contribution in [2.45, 2.75) is 50.7 Å². The number of hydrogen-bond acceptors (Lipinski definition) is 7. The summed E-state index contributed by atoms with van der Waals surface area (Å²) in [4.78, 5) is 8.88. The predicted molar refractivity (Wildman–Crippen MR) is 84.5 cm³/mol. The van der Waals surface area contributed by atoms with E-state index in [0.29, 0.717) is 22.1 Å². The molecule has 7 nitrogen and oxygen atoms in total. The minimum atomic E-state index is -0.0952. The standard InChI is InChI=1S/C13H22N6OS/c1-3-4-5-6-7-21-13-15-11(14-9(2)8-20)10-12(16-13)18-19-17-10/h9,20H,3-8H2,1-2H3,(H2,14,15,16,17,18,19)/t9-/m1/s1. The number of hydrogen-bond donors (Lipinski definition) is 3. The number of anilines is 1. The van der Waals surface area contributed by atoms with Gasteiger partial charge in [0, 0.05) is 11.8 Å². The van der Waals surface area contributed by atoms with Crippen LogP contribution in [-0.2, 0) is 0 Å². The highest BCUT2D eigenvalue weighted by Crippen LogP contribution is 2.22. The minimum Gasteiger partial charge on any atom is -0.394 e. The first-order valence-corrected chi connectivity index (χ1v) is 8.31. The zero-order valence-corrected chi connectivity index (χ0v) is 13.3. The molecule has 8 heteroatoms. The summed E-state index contributed by atoms with van der Waals surface area (Å²) in [5.41, 5.74) is 1.15. The molecule has 2 heterocycles. The Morgan fingerprint density at radius 2 is 2.10 bits per heavy atom. The molecule has 0 aliphatic rings. The largest absolute Gasteiger partial charge is 0.394 e. The second-order valence-electron chi connectivity index (χ2n) is 4.99. The van der Waals surface area contributed by atoms with Gasteiger partial charge in [-0.25, -0.2) is 4.98 Å². The summed E-state index contributed by atoms with van der Waals surface area (Å²) in [6.07, 6.45) is 4.90. The van der Waals surface area contributed by atoms with Gasteiger partial charge in [0.05, 0.1) is 6.61 Å². The van der Waals surface area contributed by atoms with E-state index in [1.54, 1.807) is 11.8 Å². The molecular weight excluding hydrogens is 288 g/mol. The van der Waals surface area contributed by atoms with E-state index in [0.717, 1.165) is 12.2 Å². The molecule has 3 N–H and O–H groups in total. The van der Waals surface area contributed by atoms with E-state index in [4.69, 9.17) is 5.11 Å². The van der Waals surface area contributed by atoms with E-state index in [9.17, 15) is 0 Å². The number of nitrogens with zero attached hydrogens (tertiary/aromatic N) is 4. The number of rotatable bonds is 9. The molecule has 0 radical (unpaired) electrons. The second kappa shape index (κ2) is 8.14. The van der Waals surface area contributed by atoms with Gasteiger partial charge in [0.1, 0.15) is 0 Å². The average molecular weight is 310 g/mol. The van der Waals surface area contributed by atoms with Gasteiger partial charge in [-0.1, -0.05) is 37.9 Å². The van der Waals surface area contributed by atoms with Gasteiger partial charge in [0.15, 0.2) is 16.5 Å². The lowest BCUT2D eigenvalue weighted by Gasteiger charge is -2.12. The van der Waals surface area contributed by atoms with Gasteiger partial charge >= 0.3 is 0 Å². The van der Waals surface area contributed by atoms with Crippen LogP contribution in [0.3, 0.4) is 0 Å². The Hall–Kier alpha value is -1.41. The van der Waals surface area contributed by atoms with Crippen LogP contribution >= 0.6 is 11.8 Å². The van der Waals surface area contributed by atoms with Crippen LogP contribution in [0.5, 0.6) is 0 Å². The summed E-state index contributed by atoms with van der Waals surface area (Å²) < 4.78 is 0. The van der Waals surface area contributed by atoms with Crippen molar-refractivity contribution in [3.8, 4) is 0 Å². The zero-order chi connectivity index (χ0) is 15.1. The molecule has 0 spiro atoms. The van der Waals surface area contributed by atoms with Crippen LogP contribution in [0.25, 0.3) is 11.2 Å². The molecule has 0 aliphatic heterocycles. The summed E-state index contributed by atoms with van der Waals surface area (Å²) in [5, 5.41) is 23.6. The van der Waals surface area contributed by atoms with Crippen molar-refractivity contribution >= 4 is 28.7 Å². The van der Waals surface area contributed by atoms with Crippen molar-refractivity contribution in [2.75, 3.05) is 17.7 Å². The summed E-state index contributed by atoms with van der Waals surface area (Å²) in [5.74, 6) is 1.62. The number of fused-ring (bicyclic) bond motifs is 1. The number of aromatic amines is 1. The van der Waals surface area contributed by atoms with Crippen LogP contribution in [0.2, 0.25) is 0 Å². The third kappa shape index (κ3) is 4.53. The Labute approximate surface area is 128 Å². The molecule has 21 heavy (non-hydrogen) atoms. The first-order valence-electron chi connectivity index (χ1n) is 7.33. The van der Waals surface area contributed by atoms with Crippen molar-refractivity contribution in [1.29, 1.82) is 0 Å². The fourth-order valence-electron chi connectivity index (χ4n) is 1.86. The van der Waals surface area contributed by atoms with Gasteiger partial charge in [0.2, 0.25) is 5.65 Å². The lowest BCUT2D eigenvalue weighted by molar-refractivity contribution is 0.281. The number of unbranched alkanes of at least 4 members (excludes halogenated alkanes) is 3. The minimum absolute atomic E-state index is 0.0306. The number of thioether (sulfide) groups is 1. The molecule has 0 saturated heterocycles. The van der Waals surface area contributed by atoms with Crippen LogP contribution in [0.1, 0.15) is 39.5 Å². The number of aliphatic hydroxyl groups excluding tert-OH is 1. The van der Waals surface area contributed by atoms with Crippen molar-refractivity contribution in [1.82, 2.24) is 25.4 Å². The van der Waals surface area contributed by atoms with E-state index in [1.165, 1.54) is 19.3 Å². The molecule has 2 rings (SSSR count). The summed E-state index contributed by atoms with van der Waals surface area (Å²) in [7, 11) is 0. The molecule has 2 aromatic rings. The normalized spacial score (nSPS) is 12.7. The van der Waals surface area contributed by atoms with Gasteiger partial charge in [-0.2, -0.15) is 15.3 Å². The fourth-order valence-corrected chi connectivity index (χ4v) is 2.70.